The quantitative estimate of drug-likeness (QED) is 0.846. The van der Waals surface area contributed by atoms with Crippen LogP contribution in [0.3, 0.4) is 0 Å². The number of H-pyrrole nitrogens is 1. The number of carbonyl (C=O) groups excluding carboxylic acids is 2. The fourth-order valence-electron chi connectivity index (χ4n) is 2.60. The first-order chi connectivity index (χ1) is 11.6. The van der Waals surface area contributed by atoms with Crippen molar-refractivity contribution >= 4 is 11.8 Å². The van der Waals surface area contributed by atoms with Gasteiger partial charge in [-0.3, -0.25) is 19.4 Å². The molecule has 0 aliphatic carbocycles. The number of hydrogen-bond donors (Lipinski definition) is 1. The van der Waals surface area contributed by atoms with Crippen LogP contribution in [0.2, 0.25) is 0 Å². The van der Waals surface area contributed by atoms with Crippen LogP contribution < -0.4 is 5.56 Å². The summed E-state index contributed by atoms with van der Waals surface area (Å²) in [6.07, 6.45) is 2.26. The highest BCUT2D eigenvalue weighted by Crippen LogP contribution is 2.09. The van der Waals surface area contributed by atoms with Gasteiger partial charge in [0.2, 0.25) is 0 Å². The van der Waals surface area contributed by atoms with Crippen molar-refractivity contribution in [1.82, 2.24) is 25.0 Å². The van der Waals surface area contributed by atoms with E-state index >= 15 is 0 Å². The van der Waals surface area contributed by atoms with E-state index in [4.69, 9.17) is 0 Å². The van der Waals surface area contributed by atoms with Gasteiger partial charge in [0.05, 0.1) is 0 Å². The maximum atomic E-state index is 12.4. The van der Waals surface area contributed by atoms with E-state index < -0.39 is 0 Å². The van der Waals surface area contributed by atoms with Crippen molar-refractivity contribution in [3.8, 4) is 0 Å². The summed E-state index contributed by atoms with van der Waals surface area (Å²) in [6.45, 7) is 1.95. The van der Waals surface area contributed by atoms with E-state index in [9.17, 15) is 14.4 Å². The van der Waals surface area contributed by atoms with Crippen LogP contribution in [-0.4, -0.2) is 63.0 Å². The normalized spacial score (nSPS) is 15.0. The molecule has 1 aliphatic rings. The lowest BCUT2D eigenvalue weighted by molar-refractivity contribution is 0.0712. The van der Waals surface area contributed by atoms with E-state index in [0.717, 1.165) is 0 Å². The third-order valence-corrected chi connectivity index (χ3v) is 3.85. The van der Waals surface area contributed by atoms with Gasteiger partial charge in [-0.05, 0) is 24.6 Å². The van der Waals surface area contributed by atoms with Gasteiger partial charge in [0.1, 0.15) is 11.4 Å². The van der Waals surface area contributed by atoms with Crippen LogP contribution >= 0.6 is 0 Å². The first-order valence-electron chi connectivity index (χ1n) is 7.70. The molecule has 2 aromatic heterocycles. The molecule has 0 atom stereocenters. The number of hydrogen-bond acceptors (Lipinski definition) is 5. The van der Waals surface area contributed by atoms with Gasteiger partial charge in [0, 0.05) is 38.4 Å². The highest BCUT2D eigenvalue weighted by molar-refractivity contribution is 5.93. The largest absolute Gasteiger partial charge is 0.335 e. The van der Waals surface area contributed by atoms with Crippen molar-refractivity contribution in [1.29, 1.82) is 0 Å². The summed E-state index contributed by atoms with van der Waals surface area (Å²) in [5, 5.41) is 6.02. The van der Waals surface area contributed by atoms with E-state index in [1.54, 1.807) is 34.2 Å². The van der Waals surface area contributed by atoms with Gasteiger partial charge in [-0.15, -0.1) is 0 Å². The fourth-order valence-corrected chi connectivity index (χ4v) is 2.60. The lowest BCUT2D eigenvalue weighted by atomic mass is 10.3. The lowest BCUT2D eigenvalue weighted by Crippen LogP contribution is -2.38. The SMILES string of the molecule is O=C(c1ccccn1)N1CCCN(C(=O)c2ccc(=O)[nH]n2)CC1. The van der Waals surface area contributed by atoms with E-state index in [1.807, 2.05) is 0 Å². The Balaban J connectivity index is 1.66. The molecule has 8 nitrogen and oxygen atoms in total. The molecule has 124 valence electrons. The van der Waals surface area contributed by atoms with Crippen molar-refractivity contribution in [2.24, 2.45) is 0 Å². The molecule has 3 rings (SSSR count). The summed E-state index contributed by atoms with van der Waals surface area (Å²) in [5.41, 5.74) is 0.244. The number of aromatic nitrogens is 3. The maximum absolute atomic E-state index is 12.4. The number of rotatable bonds is 2. The zero-order valence-electron chi connectivity index (χ0n) is 13.0. The van der Waals surface area contributed by atoms with Crippen LogP contribution in [0.15, 0.2) is 41.3 Å². The molecular weight excluding hydrogens is 310 g/mol. The summed E-state index contributed by atoms with van der Waals surface area (Å²) >= 11 is 0. The molecule has 0 radical (unpaired) electrons. The van der Waals surface area contributed by atoms with Gasteiger partial charge < -0.3 is 9.80 Å². The minimum Gasteiger partial charge on any atom is -0.335 e. The molecule has 8 heteroatoms. The highest BCUT2D eigenvalue weighted by atomic mass is 16.2. The number of nitrogens with one attached hydrogen (secondary N) is 1. The first-order valence-corrected chi connectivity index (χ1v) is 7.70. The van der Waals surface area contributed by atoms with Gasteiger partial charge in [-0.25, -0.2) is 5.10 Å². The smallest absolute Gasteiger partial charge is 0.274 e. The zero-order valence-corrected chi connectivity index (χ0v) is 13.0. The minimum absolute atomic E-state index is 0.132. The standard InChI is InChI=1S/C16H17N5O3/c22-14-6-5-13(18-19-14)16(24)21-9-3-8-20(10-11-21)15(23)12-4-1-2-7-17-12/h1-2,4-7H,3,8-11H2,(H,19,22). The molecular formula is C16H17N5O3. The van der Waals surface area contributed by atoms with Gasteiger partial charge in [0.25, 0.3) is 17.4 Å². The molecule has 1 saturated heterocycles. The predicted octanol–water partition coefficient (Wildman–Crippen LogP) is 0.153. The second-order valence-corrected chi connectivity index (χ2v) is 5.46. The van der Waals surface area contributed by atoms with Gasteiger partial charge in [-0.2, -0.15) is 5.10 Å². The molecule has 0 spiro atoms. The average Bonchev–Trinajstić information content (AvgIpc) is 2.88. The van der Waals surface area contributed by atoms with Crippen LogP contribution in [0.4, 0.5) is 0 Å². The van der Waals surface area contributed by atoms with Crippen molar-refractivity contribution in [2.75, 3.05) is 26.2 Å². The molecule has 0 aromatic carbocycles. The Hall–Kier alpha value is -3.03. The van der Waals surface area contributed by atoms with Crippen molar-refractivity contribution < 1.29 is 9.59 Å². The molecule has 0 saturated carbocycles. The maximum Gasteiger partial charge on any atom is 0.274 e. The predicted molar refractivity (Wildman–Crippen MR) is 85.5 cm³/mol. The fraction of sp³-hybridized carbons (Fsp3) is 0.312. The Morgan fingerprint density at radius 2 is 1.62 bits per heavy atom. The minimum atomic E-state index is -0.352. The Bertz CT molecular complexity index is 769. The van der Waals surface area contributed by atoms with Crippen LogP contribution in [0, 0.1) is 0 Å². The second-order valence-electron chi connectivity index (χ2n) is 5.46. The third kappa shape index (κ3) is 3.48. The molecule has 2 aromatic rings. The van der Waals surface area contributed by atoms with E-state index in [1.165, 1.54) is 12.1 Å². The molecule has 2 amide bonds. The summed E-state index contributed by atoms with van der Waals surface area (Å²) in [6, 6.07) is 7.89. The second kappa shape index (κ2) is 7.03. The van der Waals surface area contributed by atoms with Crippen molar-refractivity contribution in [3.05, 3.63) is 58.3 Å². The van der Waals surface area contributed by atoms with E-state index in [2.05, 4.69) is 15.2 Å². The molecule has 0 unspecified atom stereocenters. The first kappa shape index (κ1) is 15.9. The third-order valence-electron chi connectivity index (χ3n) is 3.85. The van der Waals surface area contributed by atoms with Crippen LogP contribution in [0.25, 0.3) is 0 Å². The Morgan fingerprint density at radius 3 is 2.21 bits per heavy atom. The van der Waals surface area contributed by atoms with Gasteiger partial charge in [0.15, 0.2) is 0 Å². The average molecular weight is 327 g/mol. The van der Waals surface area contributed by atoms with E-state index in [0.29, 0.717) is 38.3 Å². The van der Waals surface area contributed by atoms with Crippen LogP contribution in [-0.2, 0) is 0 Å². The molecule has 1 fully saturated rings. The number of pyridine rings is 1. The number of carbonyl (C=O) groups is 2. The number of aromatic amines is 1. The molecule has 3 heterocycles. The Morgan fingerprint density at radius 1 is 0.917 bits per heavy atom. The Labute approximate surface area is 138 Å². The monoisotopic (exact) mass is 327 g/mol. The summed E-state index contributed by atoms with van der Waals surface area (Å²) in [5.74, 6) is -0.384. The number of amides is 2. The summed E-state index contributed by atoms with van der Waals surface area (Å²) in [7, 11) is 0. The van der Waals surface area contributed by atoms with Gasteiger partial charge >= 0.3 is 0 Å². The Kier molecular flexibility index (Phi) is 4.64. The van der Waals surface area contributed by atoms with Crippen LogP contribution in [0.5, 0.6) is 0 Å². The van der Waals surface area contributed by atoms with Crippen molar-refractivity contribution in [2.45, 2.75) is 6.42 Å². The lowest BCUT2D eigenvalue weighted by Gasteiger charge is -2.21. The zero-order chi connectivity index (χ0) is 16.9. The van der Waals surface area contributed by atoms with E-state index in [-0.39, 0.29) is 23.1 Å². The molecule has 24 heavy (non-hydrogen) atoms. The molecule has 1 N–H and O–H groups in total. The summed E-state index contributed by atoms with van der Waals surface area (Å²) < 4.78 is 0. The van der Waals surface area contributed by atoms with Crippen molar-refractivity contribution in [3.63, 3.8) is 0 Å². The highest BCUT2D eigenvalue weighted by Gasteiger charge is 2.24. The molecule has 1 aliphatic heterocycles. The topological polar surface area (TPSA) is 99.3 Å². The van der Waals surface area contributed by atoms with Gasteiger partial charge in [-0.1, -0.05) is 6.07 Å². The number of nitrogens with zero attached hydrogens (tertiary/aromatic N) is 4. The molecule has 0 bridgehead atoms. The van der Waals surface area contributed by atoms with Crippen LogP contribution in [0.1, 0.15) is 27.4 Å². The summed E-state index contributed by atoms with van der Waals surface area (Å²) in [4.78, 5) is 43.3.